The molecule has 2 N–H and O–H groups in total. The highest BCUT2D eigenvalue weighted by Gasteiger charge is 2.43. The fourth-order valence-corrected chi connectivity index (χ4v) is 2.87. The Bertz CT molecular complexity index is 440. The summed E-state index contributed by atoms with van der Waals surface area (Å²) in [5.41, 5.74) is -0.270. The van der Waals surface area contributed by atoms with Crippen molar-refractivity contribution in [3.8, 4) is 0 Å². The summed E-state index contributed by atoms with van der Waals surface area (Å²) >= 11 is 0. The Balaban J connectivity index is 2.25. The van der Waals surface area contributed by atoms with E-state index in [1.807, 2.05) is 44.2 Å². The van der Waals surface area contributed by atoms with Crippen LogP contribution in [0.25, 0.3) is 0 Å². The minimum absolute atomic E-state index is 0.0659. The molecule has 1 aromatic rings. The van der Waals surface area contributed by atoms with E-state index in [0.717, 1.165) is 25.0 Å². The van der Waals surface area contributed by atoms with Gasteiger partial charge in [-0.05, 0) is 24.3 Å². The van der Waals surface area contributed by atoms with Gasteiger partial charge in [-0.25, -0.2) is 4.79 Å². The molecule has 1 aliphatic rings. The number of rotatable bonds is 6. The molecule has 1 aliphatic heterocycles. The maximum Gasteiger partial charge on any atom is 0.328 e. The van der Waals surface area contributed by atoms with Gasteiger partial charge in [-0.2, -0.15) is 0 Å². The van der Waals surface area contributed by atoms with Gasteiger partial charge >= 0.3 is 5.97 Å². The summed E-state index contributed by atoms with van der Waals surface area (Å²) in [5, 5.41) is 13.1. The summed E-state index contributed by atoms with van der Waals surface area (Å²) in [6.45, 7) is 5.21. The van der Waals surface area contributed by atoms with Crippen LogP contribution in [0.15, 0.2) is 30.3 Å². The molecule has 0 aliphatic carbocycles. The van der Waals surface area contributed by atoms with Crippen molar-refractivity contribution in [1.29, 1.82) is 0 Å². The number of benzene rings is 1. The largest absolute Gasteiger partial charge is 0.480 e. The monoisotopic (exact) mass is 277 g/mol. The van der Waals surface area contributed by atoms with Gasteiger partial charge in [0.05, 0.1) is 6.10 Å². The van der Waals surface area contributed by atoms with Crippen LogP contribution in [0.1, 0.15) is 32.3 Å². The molecule has 2 rings (SSSR count). The molecule has 4 nitrogen and oxygen atoms in total. The van der Waals surface area contributed by atoms with Gasteiger partial charge in [0, 0.05) is 13.2 Å². The highest BCUT2D eigenvalue weighted by atomic mass is 16.5. The second-order valence-electron chi connectivity index (χ2n) is 5.65. The Kier molecular flexibility index (Phi) is 4.78. The molecule has 110 valence electrons. The summed E-state index contributed by atoms with van der Waals surface area (Å²) in [6, 6.07) is 9.40. The van der Waals surface area contributed by atoms with Gasteiger partial charge in [0.2, 0.25) is 0 Å². The number of ether oxygens (including phenoxy) is 1. The van der Waals surface area contributed by atoms with Gasteiger partial charge in [-0.1, -0.05) is 44.2 Å². The molecule has 0 spiro atoms. The first-order chi connectivity index (χ1) is 9.57. The van der Waals surface area contributed by atoms with Crippen LogP contribution >= 0.6 is 0 Å². The van der Waals surface area contributed by atoms with Crippen LogP contribution in [0.3, 0.4) is 0 Å². The molecule has 2 unspecified atom stereocenters. The van der Waals surface area contributed by atoms with Crippen LogP contribution in [-0.4, -0.2) is 30.3 Å². The second-order valence-corrected chi connectivity index (χ2v) is 5.65. The van der Waals surface area contributed by atoms with E-state index < -0.39 is 11.5 Å². The number of hydrogen-bond donors (Lipinski definition) is 2. The Hall–Kier alpha value is -1.39. The molecule has 4 heteroatoms. The molecule has 1 fully saturated rings. The lowest BCUT2D eigenvalue weighted by atomic mass is 9.79. The van der Waals surface area contributed by atoms with Crippen molar-refractivity contribution in [2.24, 2.45) is 5.92 Å². The average molecular weight is 277 g/mol. The Labute approximate surface area is 120 Å². The molecular weight excluding hydrogens is 254 g/mol. The molecule has 2 atom stereocenters. The first-order valence-electron chi connectivity index (χ1n) is 7.23. The second kappa shape index (κ2) is 6.37. The lowest BCUT2D eigenvalue weighted by Crippen LogP contribution is -2.55. The first-order valence-corrected chi connectivity index (χ1v) is 7.23. The smallest absolute Gasteiger partial charge is 0.328 e. The third-order valence-electron chi connectivity index (χ3n) is 4.07. The summed E-state index contributed by atoms with van der Waals surface area (Å²) in [4.78, 5) is 12.0. The number of aliphatic carboxylic acids is 1. The standard InChI is InChI=1S/C16H23NO3/c1-12(2)16(15(18)19,13-7-4-3-5-8-13)17-11-14-9-6-10-20-14/h3-5,7-8,12,14,17H,6,9-11H2,1-2H3,(H,18,19). The van der Waals surface area contributed by atoms with Crippen molar-refractivity contribution in [2.75, 3.05) is 13.2 Å². The van der Waals surface area contributed by atoms with Crippen LogP contribution in [-0.2, 0) is 15.1 Å². The summed E-state index contributed by atoms with van der Waals surface area (Å²) in [5.74, 6) is -0.902. The summed E-state index contributed by atoms with van der Waals surface area (Å²) in [7, 11) is 0. The molecule has 0 bridgehead atoms. The normalized spacial score (nSPS) is 21.9. The van der Waals surface area contributed by atoms with Gasteiger partial charge in [0.1, 0.15) is 5.54 Å². The maximum atomic E-state index is 12.0. The van der Waals surface area contributed by atoms with E-state index in [1.165, 1.54) is 0 Å². The fourth-order valence-electron chi connectivity index (χ4n) is 2.87. The lowest BCUT2D eigenvalue weighted by molar-refractivity contribution is -0.148. The minimum Gasteiger partial charge on any atom is -0.480 e. The zero-order valence-corrected chi connectivity index (χ0v) is 12.1. The summed E-state index contributed by atoms with van der Waals surface area (Å²) in [6.07, 6.45) is 2.17. The van der Waals surface area contributed by atoms with E-state index in [1.54, 1.807) is 0 Å². The van der Waals surface area contributed by atoms with E-state index in [2.05, 4.69) is 5.32 Å². The lowest BCUT2D eigenvalue weighted by Gasteiger charge is -2.35. The third-order valence-corrected chi connectivity index (χ3v) is 4.07. The molecule has 1 heterocycles. The minimum atomic E-state index is -1.06. The van der Waals surface area contributed by atoms with Crippen LogP contribution in [0.5, 0.6) is 0 Å². The maximum absolute atomic E-state index is 12.0. The van der Waals surface area contributed by atoms with Gasteiger partial charge in [0.15, 0.2) is 0 Å². The van der Waals surface area contributed by atoms with E-state index in [9.17, 15) is 9.90 Å². The third kappa shape index (κ3) is 2.86. The zero-order chi connectivity index (χ0) is 14.6. The van der Waals surface area contributed by atoms with Crippen LogP contribution in [0, 0.1) is 5.92 Å². The van der Waals surface area contributed by atoms with Gasteiger partial charge < -0.3 is 9.84 Å². The first kappa shape index (κ1) is 15.0. The van der Waals surface area contributed by atoms with Crippen LogP contribution in [0.2, 0.25) is 0 Å². The fraction of sp³-hybridized carbons (Fsp3) is 0.562. The van der Waals surface area contributed by atoms with Crippen LogP contribution < -0.4 is 5.32 Å². The molecule has 0 radical (unpaired) electrons. The molecule has 0 amide bonds. The molecule has 0 aromatic heterocycles. The van der Waals surface area contributed by atoms with Crippen LogP contribution in [0.4, 0.5) is 0 Å². The van der Waals surface area contributed by atoms with E-state index in [-0.39, 0.29) is 12.0 Å². The molecule has 20 heavy (non-hydrogen) atoms. The van der Waals surface area contributed by atoms with Crippen molar-refractivity contribution in [1.82, 2.24) is 5.32 Å². The number of carboxylic acids is 1. The molecule has 1 saturated heterocycles. The highest BCUT2D eigenvalue weighted by Crippen LogP contribution is 2.30. The molecule has 1 aromatic carbocycles. The predicted molar refractivity (Wildman–Crippen MR) is 77.6 cm³/mol. The van der Waals surface area contributed by atoms with Crippen molar-refractivity contribution < 1.29 is 14.6 Å². The van der Waals surface area contributed by atoms with Crippen molar-refractivity contribution >= 4 is 5.97 Å². The summed E-state index contributed by atoms with van der Waals surface area (Å²) < 4.78 is 5.59. The molecule has 0 saturated carbocycles. The van der Waals surface area contributed by atoms with Gasteiger partial charge in [0.25, 0.3) is 0 Å². The average Bonchev–Trinajstić information content (AvgIpc) is 2.93. The van der Waals surface area contributed by atoms with Crippen molar-refractivity contribution in [2.45, 2.75) is 38.3 Å². The van der Waals surface area contributed by atoms with Gasteiger partial charge in [-0.15, -0.1) is 0 Å². The van der Waals surface area contributed by atoms with E-state index >= 15 is 0 Å². The SMILES string of the molecule is CC(C)C(NCC1CCCO1)(C(=O)O)c1ccccc1. The Morgan fingerprint density at radius 3 is 2.65 bits per heavy atom. The topological polar surface area (TPSA) is 58.6 Å². The van der Waals surface area contributed by atoms with E-state index in [4.69, 9.17) is 4.74 Å². The van der Waals surface area contributed by atoms with E-state index in [0.29, 0.717) is 6.54 Å². The predicted octanol–water partition coefficient (Wildman–Crippen LogP) is 2.39. The number of nitrogens with one attached hydrogen (secondary N) is 1. The Morgan fingerprint density at radius 1 is 1.45 bits per heavy atom. The number of carbonyl (C=O) groups is 1. The highest BCUT2D eigenvalue weighted by molar-refractivity contribution is 5.81. The Morgan fingerprint density at radius 2 is 2.15 bits per heavy atom. The van der Waals surface area contributed by atoms with Crippen molar-refractivity contribution in [3.63, 3.8) is 0 Å². The number of carboxylic acid groups (broad SMARTS) is 1. The quantitative estimate of drug-likeness (QED) is 0.838. The molecular formula is C16H23NO3. The van der Waals surface area contributed by atoms with Gasteiger partial charge in [-0.3, -0.25) is 5.32 Å². The zero-order valence-electron chi connectivity index (χ0n) is 12.1. The number of hydrogen-bond acceptors (Lipinski definition) is 3. The van der Waals surface area contributed by atoms with Crippen molar-refractivity contribution in [3.05, 3.63) is 35.9 Å².